The van der Waals surface area contributed by atoms with E-state index in [1.165, 1.54) is 0 Å². The summed E-state index contributed by atoms with van der Waals surface area (Å²) in [6, 6.07) is 25.0. The highest BCUT2D eigenvalue weighted by molar-refractivity contribution is 7.92. The minimum absolute atomic E-state index is 0.0522. The summed E-state index contributed by atoms with van der Waals surface area (Å²) in [7, 11) is -3.39. The lowest BCUT2D eigenvalue weighted by molar-refractivity contribution is 0.600. The molecule has 0 radical (unpaired) electrons. The average Bonchev–Trinajstić information content (AvgIpc) is 3.12. The number of aromatic nitrogens is 1. The number of fused-ring (bicyclic) bond motifs is 1. The first kappa shape index (κ1) is 17.7. The van der Waals surface area contributed by atoms with Gasteiger partial charge >= 0.3 is 0 Å². The van der Waals surface area contributed by atoms with E-state index in [1.54, 1.807) is 23.5 Å². The minimum atomic E-state index is -3.39. The zero-order chi connectivity index (χ0) is 18.7. The second kappa shape index (κ2) is 7.50. The van der Waals surface area contributed by atoms with Crippen molar-refractivity contribution in [3.8, 4) is 10.6 Å². The van der Waals surface area contributed by atoms with Crippen LogP contribution < -0.4 is 4.72 Å². The van der Waals surface area contributed by atoms with Crippen molar-refractivity contribution in [2.24, 2.45) is 0 Å². The van der Waals surface area contributed by atoms with Crippen molar-refractivity contribution < 1.29 is 8.42 Å². The van der Waals surface area contributed by atoms with Crippen molar-refractivity contribution in [2.75, 3.05) is 10.5 Å². The van der Waals surface area contributed by atoms with Gasteiger partial charge in [-0.05, 0) is 48.4 Å². The molecule has 1 N–H and O–H groups in total. The lowest BCUT2D eigenvalue weighted by Crippen LogP contribution is -2.18. The van der Waals surface area contributed by atoms with Gasteiger partial charge in [0.25, 0.3) is 0 Å². The van der Waals surface area contributed by atoms with Crippen LogP contribution in [0.4, 0.5) is 5.69 Å². The van der Waals surface area contributed by atoms with Gasteiger partial charge in [-0.15, -0.1) is 11.3 Å². The highest BCUT2D eigenvalue weighted by Crippen LogP contribution is 2.30. The predicted molar refractivity (Wildman–Crippen MR) is 113 cm³/mol. The van der Waals surface area contributed by atoms with Crippen molar-refractivity contribution in [1.82, 2.24) is 4.98 Å². The van der Waals surface area contributed by atoms with Crippen LogP contribution in [0.25, 0.3) is 20.8 Å². The van der Waals surface area contributed by atoms with Gasteiger partial charge in [-0.3, -0.25) is 4.72 Å². The molecule has 3 aromatic carbocycles. The monoisotopic (exact) mass is 394 g/mol. The van der Waals surface area contributed by atoms with Gasteiger partial charge in [0.05, 0.1) is 16.0 Å². The predicted octanol–water partition coefficient (Wildman–Crippen LogP) is 4.95. The number of para-hydroxylation sites is 1. The molecule has 4 aromatic rings. The molecule has 27 heavy (non-hydrogen) atoms. The van der Waals surface area contributed by atoms with Crippen molar-refractivity contribution in [2.45, 2.75) is 6.42 Å². The third kappa shape index (κ3) is 4.35. The van der Waals surface area contributed by atoms with E-state index in [2.05, 4.69) is 9.71 Å². The van der Waals surface area contributed by atoms with E-state index in [4.69, 9.17) is 0 Å². The fraction of sp³-hybridized carbons (Fsp3) is 0.0952. The Morgan fingerprint density at radius 3 is 2.30 bits per heavy atom. The lowest BCUT2D eigenvalue weighted by atomic mass is 10.2. The third-order valence-corrected chi connectivity index (χ3v) is 6.58. The average molecular weight is 395 g/mol. The summed E-state index contributed by atoms with van der Waals surface area (Å²) < 4.78 is 28.4. The second-order valence-corrected chi connectivity index (χ2v) is 9.09. The van der Waals surface area contributed by atoms with E-state index in [0.29, 0.717) is 12.1 Å². The first-order valence-corrected chi connectivity index (χ1v) is 11.1. The normalized spacial score (nSPS) is 11.6. The van der Waals surface area contributed by atoms with Crippen LogP contribution in [0.2, 0.25) is 0 Å². The maximum atomic E-state index is 12.3. The van der Waals surface area contributed by atoms with E-state index in [9.17, 15) is 8.42 Å². The van der Waals surface area contributed by atoms with Gasteiger partial charge < -0.3 is 0 Å². The molecule has 0 atom stereocenters. The van der Waals surface area contributed by atoms with Crippen molar-refractivity contribution >= 4 is 37.3 Å². The molecule has 0 bridgehead atoms. The van der Waals surface area contributed by atoms with E-state index in [0.717, 1.165) is 26.4 Å². The Bertz CT molecular complexity index is 1120. The van der Waals surface area contributed by atoms with Crippen molar-refractivity contribution in [3.05, 3.63) is 84.4 Å². The number of hydrogen-bond acceptors (Lipinski definition) is 4. The largest absolute Gasteiger partial charge is 0.284 e. The zero-order valence-corrected chi connectivity index (χ0v) is 16.1. The number of sulfonamides is 1. The Hall–Kier alpha value is -2.70. The smallest absolute Gasteiger partial charge is 0.233 e. The Morgan fingerprint density at radius 1 is 0.852 bits per heavy atom. The molecule has 6 heteroatoms. The molecule has 0 aliphatic rings. The number of aryl methyl sites for hydroxylation is 1. The van der Waals surface area contributed by atoms with E-state index >= 15 is 0 Å². The highest BCUT2D eigenvalue weighted by atomic mass is 32.2. The SMILES string of the molecule is O=S(=O)(CCc1ccccc1)Nc1ccc(-c2nc3ccccc3s2)cc1. The molecule has 0 spiro atoms. The topological polar surface area (TPSA) is 59.1 Å². The fourth-order valence-corrected chi connectivity index (χ4v) is 4.88. The number of nitrogens with zero attached hydrogens (tertiary/aromatic N) is 1. The molecule has 0 aliphatic carbocycles. The van der Waals surface area contributed by atoms with Crippen LogP contribution in [0.5, 0.6) is 0 Å². The third-order valence-electron chi connectivity index (χ3n) is 4.20. The van der Waals surface area contributed by atoms with Crippen LogP contribution in [-0.2, 0) is 16.4 Å². The maximum absolute atomic E-state index is 12.3. The molecule has 0 saturated heterocycles. The number of hydrogen-bond donors (Lipinski definition) is 1. The van der Waals surface area contributed by atoms with Crippen LogP contribution in [0.1, 0.15) is 5.56 Å². The van der Waals surface area contributed by atoms with Crippen LogP contribution >= 0.6 is 11.3 Å². The molecule has 4 nitrogen and oxygen atoms in total. The standard InChI is InChI=1S/C21H18N2O2S2/c24-27(25,15-14-16-6-2-1-3-7-16)23-18-12-10-17(11-13-18)21-22-19-8-4-5-9-20(19)26-21/h1-13,23H,14-15H2. The Morgan fingerprint density at radius 2 is 1.56 bits per heavy atom. The van der Waals surface area contributed by atoms with Crippen LogP contribution in [0, 0.1) is 0 Å². The van der Waals surface area contributed by atoms with Gasteiger partial charge in [0, 0.05) is 11.3 Å². The molecule has 1 aromatic heterocycles. The molecular weight excluding hydrogens is 376 g/mol. The summed E-state index contributed by atoms with van der Waals surface area (Å²) in [4.78, 5) is 4.63. The quantitative estimate of drug-likeness (QED) is 0.503. The van der Waals surface area contributed by atoms with E-state index in [-0.39, 0.29) is 5.75 Å². The number of thiazole rings is 1. The molecule has 0 amide bonds. The summed E-state index contributed by atoms with van der Waals surface area (Å²) in [6.07, 6.45) is 0.486. The highest BCUT2D eigenvalue weighted by Gasteiger charge is 2.11. The first-order valence-electron chi connectivity index (χ1n) is 8.59. The summed E-state index contributed by atoms with van der Waals surface area (Å²) >= 11 is 1.63. The van der Waals surface area contributed by atoms with Gasteiger partial charge in [-0.2, -0.15) is 0 Å². The van der Waals surface area contributed by atoms with Crippen LogP contribution in [0.15, 0.2) is 78.9 Å². The molecule has 0 aliphatic heterocycles. The Kier molecular flexibility index (Phi) is 4.92. The molecule has 0 unspecified atom stereocenters. The summed E-state index contributed by atoms with van der Waals surface area (Å²) in [5, 5.41) is 0.926. The van der Waals surface area contributed by atoms with Gasteiger partial charge in [0.1, 0.15) is 5.01 Å². The first-order chi connectivity index (χ1) is 13.1. The van der Waals surface area contributed by atoms with Crippen molar-refractivity contribution in [3.63, 3.8) is 0 Å². The number of anilines is 1. The molecule has 1 heterocycles. The molecule has 0 fully saturated rings. The Labute approximate surface area is 162 Å². The zero-order valence-electron chi connectivity index (χ0n) is 14.5. The molecule has 4 rings (SSSR count). The number of benzene rings is 3. The van der Waals surface area contributed by atoms with Gasteiger partial charge in [0.2, 0.25) is 10.0 Å². The maximum Gasteiger partial charge on any atom is 0.233 e. The van der Waals surface area contributed by atoms with E-state index in [1.807, 2.05) is 66.7 Å². The summed E-state index contributed by atoms with van der Waals surface area (Å²) in [5.41, 5.74) is 3.52. The fourth-order valence-electron chi connectivity index (χ4n) is 2.80. The van der Waals surface area contributed by atoms with Gasteiger partial charge in [0.15, 0.2) is 0 Å². The second-order valence-electron chi connectivity index (χ2n) is 6.22. The number of rotatable bonds is 6. The number of nitrogens with one attached hydrogen (secondary N) is 1. The lowest BCUT2D eigenvalue weighted by Gasteiger charge is -2.08. The summed E-state index contributed by atoms with van der Waals surface area (Å²) in [5.74, 6) is 0.0522. The molecule has 136 valence electrons. The summed E-state index contributed by atoms with van der Waals surface area (Å²) in [6.45, 7) is 0. The minimum Gasteiger partial charge on any atom is -0.284 e. The van der Waals surface area contributed by atoms with Gasteiger partial charge in [-0.1, -0.05) is 42.5 Å². The van der Waals surface area contributed by atoms with Crippen molar-refractivity contribution in [1.29, 1.82) is 0 Å². The van der Waals surface area contributed by atoms with Gasteiger partial charge in [-0.25, -0.2) is 13.4 Å². The molecule has 0 saturated carbocycles. The van der Waals surface area contributed by atoms with Crippen LogP contribution in [0.3, 0.4) is 0 Å². The van der Waals surface area contributed by atoms with Crippen LogP contribution in [-0.4, -0.2) is 19.2 Å². The molecular formula is C21H18N2O2S2. The Balaban J connectivity index is 1.45. The van der Waals surface area contributed by atoms with E-state index < -0.39 is 10.0 Å².